The summed E-state index contributed by atoms with van der Waals surface area (Å²) in [6.07, 6.45) is 1.56. The van der Waals surface area contributed by atoms with E-state index in [1.807, 2.05) is 0 Å². The number of carbonyl (C=O) groups is 2. The first kappa shape index (κ1) is 24.5. The zero-order valence-electron chi connectivity index (χ0n) is 19.7. The number of halogens is 1. The average molecular weight is 528 g/mol. The molecule has 3 aromatic heterocycles. The van der Waals surface area contributed by atoms with Crippen molar-refractivity contribution in [3.63, 3.8) is 0 Å². The van der Waals surface area contributed by atoms with Gasteiger partial charge in [0.05, 0.1) is 42.6 Å². The number of fused-ring (bicyclic) bond motifs is 1. The molecule has 192 valence electrons. The highest BCUT2D eigenvalue weighted by Crippen LogP contribution is 2.29. The van der Waals surface area contributed by atoms with Gasteiger partial charge in [0, 0.05) is 30.1 Å². The molecular formula is C23H22ClN7O6. The Kier molecular flexibility index (Phi) is 6.19. The zero-order valence-corrected chi connectivity index (χ0v) is 20.5. The van der Waals surface area contributed by atoms with E-state index in [1.165, 1.54) is 35.9 Å². The molecule has 0 radical (unpaired) electrons. The molecule has 1 unspecified atom stereocenters. The van der Waals surface area contributed by atoms with Gasteiger partial charge < -0.3 is 30.2 Å². The van der Waals surface area contributed by atoms with E-state index in [-0.39, 0.29) is 24.8 Å². The van der Waals surface area contributed by atoms with Gasteiger partial charge in [-0.05, 0) is 19.1 Å². The summed E-state index contributed by atoms with van der Waals surface area (Å²) in [5, 5.41) is 22.7. The van der Waals surface area contributed by atoms with Crippen LogP contribution >= 0.6 is 11.6 Å². The Morgan fingerprint density at radius 2 is 2.16 bits per heavy atom. The largest absolute Gasteiger partial charge is 0.481 e. The van der Waals surface area contributed by atoms with Crippen LogP contribution in [-0.4, -0.2) is 68.8 Å². The number of pyridine rings is 1. The Labute approximate surface area is 214 Å². The number of anilines is 3. The molecular weight excluding hydrogens is 506 g/mol. The molecule has 1 aromatic carbocycles. The topological polar surface area (TPSA) is 171 Å². The van der Waals surface area contributed by atoms with E-state index in [4.69, 9.17) is 31.3 Å². The number of nitrogen functional groups attached to an aromatic ring is 1. The van der Waals surface area contributed by atoms with E-state index in [2.05, 4.69) is 20.6 Å². The number of aromatic nitrogens is 4. The molecule has 0 spiro atoms. The standard InChI is InChI=1S/C23H22ClN7O6/c1-23(34,22(33)27-12-3-4-13-16(9-12)37-29-20(13)25)19-21(32)30(7-8-36-19)17-5-6-31(28-17)15-10-18(35-2)26-11-14(15)24/h3-6,9-11,19,34H,7-8H2,1-2H3,(H2,25,29)(H,27,33)/t19-,23?/m0/s1. The molecule has 1 saturated heterocycles. The van der Waals surface area contributed by atoms with Crippen LogP contribution in [0.1, 0.15) is 6.92 Å². The lowest BCUT2D eigenvalue weighted by molar-refractivity contribution is -0.165. The van der Waals surface area contributed by atoms with Crippen molar-refractivity contribution < 1.29 is 28.7 Å². The number of nitrogens with one attached hydrogen (secondary N) is 1. The summed E-state index contributed by atoms with van der Waals surface area (Å²) in [6.45, 7) is 1.45. The Balaban J connectivity index is 1.35. The lowest BCUT2D eigenvalue weighted by atomic mass is 9.95. The van der Waals surface area contributed by atoms with E-state index in [0.717, 1.165) is 0 Å². The van der Waals surface area contributed by atoms with Crippen LogP contribution < -0.4 is 20.7 Å². The van der Waals surface area contributed by atoms with Crippen LogP contribution in [0.15, 0.2) is 47.2 Å². The molecule has 5 rings (SSSR count). The number of hydrogen-bond acceptors (Lipinski definition) is 10. The van der Waals surface area contributed by atoms with Crippen LogP contribution in [0.4, 0.5) is 17.3 Å². The van der Waals surface area contributed by atoms with E-state index in [1.54, 1.807) is 30.5 Å². The van der Waals surface area contributed by atoms with Crippen molar-refractivity contribution in [1.29, 1.82) is 0 Å². The van der Waals surface area contributed by atoms with Gasteiger partial charge in [-0.15, -0.1) is 5.10 Å². The first-order valence-electron chi connectivity index (χ1n) is 11.1. The maximum absolute atomic E-state index is 13.3. The smallest absolute Gasteiger partial charge is 0.260 e. The van der Waals surface area contributed by atoms with Crippen molar-refractivity contribution in [1.82, 2.24) is 19.9 Å². The highest BCUT2D eigenvalue weighted by Gasteiger charge is 2.49. The van der Waals surface area contributed by atoms with Gasteiger partial charge in [-0.2, -0.15) is 0 Å². The molecule has 0 bridgehead atoms. The fourth-order valence-electron chi connectivity index (χ4n) is 3.92. The number of morpholine rings is 1. The highest BCUT2D eigenvalue weighted by atomic mass is 35.5. The number of carbonyl (C=O) groups excluding carboxylic acids is 2. The molecule has 13 nitrogen and oxygen atoms in total. The van der Waals surface area contributed by atoms with Gasteiger partial charge in [0.15, 0.2) is 28.9 Å². The molecule has 0 saturated carbocycles. The molecule has 4 N–H and O–H groups in total. The fraction of sp³-hybridized carbons (Fsp3) is 0.261. The van der Waals surface area contributed by atoms with Gasteiger partial charge in [-0.3, -0.25) is 14.5 Å². The van der Waals surface area contributed by atoms with Gasteiger partial charge in [0.2, 0.25) is 5.88 Å². The van der Waals surface area contributed by atoms with Crippen molar-refractivity contribution in [2.75, 3.05) is 36.2 Å². The Hall–Kier alpha value is -4.20. The van der Waals surface area contributed by atoms with Gasteiger partial charge in [0.25, 0.3) is 11.8 Å². The molecule has 1 fully saturated rings. The third-order valence-electron chi connectivity index (χ3n) is 5.94. The van der Waals surface area contributed by atoms with Crippen molar-refractivity contribution in [2.45, 2.75) is 18.6 Å². The Morgan fingerprint density at radius 1 is 1.35 bits per heavy atom. The van der Waals surface area contributed by atoms with Gasteiger partial charge in [-0.1, -0.05) is 16.8 Å². The molecule has 2 atom stereocenters. The van der Waals surface area contributed by atoms with Crippen LogP contribution in [0.2, 0.25) is 5.02 Å². The molecule has 0 aliphatic carbocycles. The molecule has 2 amide bonds. The summed E-state index contributed by atoms with van der Waals surface area (Å²) < 4.78 is 17.3. The highest BCUT2D eigenvalue weighted by molar-refractivity contribution is 6.32. The van der Waals surface area contributed by atoms with E-state index in [0.29, 0.717) is 33.2 Å². The maximum Gasteiger partial charge on any atom is 0.260 e. The van der Waals surface area contributed by atoms with Gasteiger partial charge >= 0.3 is 0 Å². The number of amides is 2. The number of nitrogens with zero attached hydrogens (tertiary/aromatic N) is 5. The summed E-state index contributed by atoms with van der Waals surface area (Å²) >= 11 is 6.26. The Bertz CT molecular complexity index is 1500. The summed E-state index contributed by atoms with van der Waals surface area (Å²) in [4.78, 5) is 31.7. The minimum absolute atomic E-state index is 0.0693. The van der Waals surface area contributed by atoms with Gasteiger partial charge in [-0.25, -0.2) is 9.67 Å². The van der Waals surface area contributed by atoms with Crippen LogP contribution in [0.5, 0.6) is 5.88 Å². The SMILES string of the molecule is COc1cc(-n2ccc(N3CCO[C@H](C(C)(O)C(=O)Nc4ccc5c(N)noc5c4)C3=O)n2)c(Cl)cn1. The predicted octanol–water partition coefficient (Wildman–Crippen LogP) is 1.77. The molecule has 37 heavy (non-hydrogen) atoms. The first-order chi connectivity index (χ1) is 17.7. The average Bonchev–Trinajstić information content (AvgIpc) is 3.51. The minimum Gasteiger partial charge on any atom is -0.481 e. The number of methoxy groups -OCH3 is 1. The van der Waals surface area contributed by atoms with Crippen molar-refractivity contribution in [3.05, 3.63) is 47.7 Å². The van der Waals surface area contributed by atoms with Crippen molar-refractivity contribution in [2.24, 2.45) is 0 Å². The fourth-order valence-corrected chi connectivity index (χ4v) is 4.11. The number of hydrogen-bond donors (Lipinski definition) is 3. The monoisotopic (exact) mass is 527 g/mol. The minimum atomic E-state index is -2.21. The van der Waals surface area contributed by atoms with Gasteiger partial charge in [0.1, 0.15) is 0 Å². The number of benzene rings is 1. The third kappa shape index (κ3) is 4.43. The third-order valence-corrected chi connectivity index (χ3v) is 6.23. The second-order valence-electron chi connectivity index (χ2n) is 8.42. The summed E-state index contributed by atoms with van der Waals surface area (Å²) in [5.41, 5.74) is 4.67. The Morgan fingerprint density at radius 3 is 2.95 bits per heavy atom. The summed E-state index contributed by atoms with van der Waals surface area (Å²) in [6, 6.07) is 7.91. The summed E-state index contributed by atoms with van der Waals surface area (Å²) in [5.74, 6) is -0.634. The second-order valence-corrected chi connectivity index (χ2v) is 8.82. The van der Waals surface area contributed by atoms with Crippen LogP contribution in [0, 0.1) is 0 Å². The number of aliphatic hydroxyl groups is 1. The van der Waals surface area contributed by atoms with Crippen LogP contribution in [0.25, 0.3) is 16.7 Å². The molecule has 1 aliphatic heterocycles. The number of nitrogens with two attached hydrogens (primary N) is 1. The van der Waals surface area contributed by atoms with Crippen LogP contribution in [0.3, 0.4) is 0 Å². The zero-order chi connectivity index (χ0) is 26.3. The molecule has 4 heterocycles. The lowest BCUT2D eigenvalue weighted by Crippen LogP contribution is -2.61. The first-order valence-corrected chi connectivity index (χ1v) is 11.4. The quantitative estimate of drug-likeness (QED) is 0.335. The number of ether oxygens (including phenoxy) is 2. The van der Waals surface area contributed by atoms with E-state index in [9.17, 15) is 14.7 Å². The van der Waals surface area contributed by atoms with Crippen molar-refractivity contribution in [3.8, 4) is 11.6 Å². The predicted molar refractivity (Wildman–Crippen MR) is 133 cm³/mol. The van der Waals surface area contributed by atoms with E-state index < -0.39 is 23.5 Å². The molecule has 1 aliphatic rings. The maximum atomic E-state index is 13.3. The normalized spacial score (nSPS) is 17.6. The second kappa shape index (κ2) is 9.35. The molecule has 4 aromatic rings. The van der Waals surface area contributed by atoms with Crippen molar-refractivity contribution >= 4 is 51.7 Å². The molecule has 14 heteroatoms. The van der Waals surface area contributed by atoms with Crippen LogP contribution in [-0.2, 0) is 14.3 Å². The lowest BCUT2D eigenvalue weighted by Gasteiger charge is -2.37. The van der Waals surface area contributed by atoms with E-state index >= 15 is 0 Å². The number of rotatable bonds is 6. The summed E-state index contributed by atoms with van der Waals surface area (Å²) in [7, 11) is 1.48.